The van der Waals surface area contributed by atoms with Gasteiger partial charge in [-0.1, -0.05) is 12.1 Å². The van der Waals surface area contributed by atoms with Crippen LogP contribution in [0.15, 0.2) is 48.8 Å². The first-order valence-electron chi connectivity index (χ1n) is 6.08. The monoisotopic (exact) mass is 377 g/mol. The molecular weight excluding hydrogens is 365 g/mol. The van der Waals surface area contributed by atoms with Crippen LogP contribution in [0.25, 0.3) is 10.9 Å². The Hall–Kier alpha value is -1.89. The molecule has 3 aromatic rings. The van der Waals surface area contributed by atoms with Gasteiger partial charge in [-0.3, -0.25) is 0 Å². The molecule has 20 heavy (non-hydrogen) atoms. The maximum Gasteiger partial charge on any atom is 0.142 e. The summed E-state index contributed by atoms with van der Waals surface area (Å²) in [7, 11) is 1.65. The van der Waals surface area contributed by atoms with Gasteiger partial charge in [0.1, 0.15) is 17.9 Å². The zero-order valence-corrected chi connectivity index (χ0v) is 13.0. The van der Waals surface area contributed by atoms with Crippen LogP contribution in [0.4, 0.5) is 11.5 Å². The third kappa shape index (κ3) is 2.53. The van der Waals surface area contributed by atoms with E-state index in [1.807, 2.05) is 36.4 Å². The summed E-state index contributed by atoms with van der Waals surface area (Å²) < 4.78 is 6.49. The van der Waals surface area contributed by atoms with Crippen LogP contribution in [-0.2, 0) is 0 Å². The predicted molar refractivity (Wildman–Crippen MR) is 88.5 cm³/mol. The Labute approximate surface area is 130 Å². The summed E-state index contributed by atoms with van der Waals surface area (Å²) in [6.07, 6.45) is 1.56. The zero-order valence-electron chi connectivity index (χ0n) is 10.8. The minimum absolute atomic E-state index is 0.776. The molecule has 0 saturated heterocycles. The van der Waals surface area contributed by atoms with Gasteiger partial charge in [0.05, 0.1) is 18.3 Å². The normalized spacial score (nSPS) is 10.5. The number of aromatic nitrogens is 2. The fraction of sp³-hybridized carbons (Fsp3) is 0.0667. The first kappa shape index (κ1) is 13.1. The Bertz CT molecular complexity index is 761. The van der Waals surface area contributed by atoms with E-state index in [0.29, 0.717) is 0 Å². The standard InChI is InChI=1S/C15H12IN3O/c1-20-14-5-3-2-4-13(14)19-15-11-8-10(16)6-7-12(11)17-9-18-15/h2-9H,1H3,(H,17,18,19). The molecule has 0 bridgehead atoms. The van der Waals surface area contributed by atoms with Crippen LogP contribution in [0.3, 0.4) is 0 Å². The van der Waals surface area contributed by atoms with Crippen LogP contribution in [0.1, 0.15) is 0 Å². The lowest BCUT2D eigenvalue weighted by Crippen LogP contribution is -1.98. The van der Waals surface area contributed by atoms with Crippen molar-refractivity contribution in [1.29, 1.82) is 0 Å². The van der Waals surface area contributed by atoms with Crippen molar-refractivity contribution in [2.24, 2.45) is 0 Å². The molecule has 0 radical (unpaired) electrons. The maximum atomic E-state index is 5.35. The molecule has 0 amide bonds. The van der Waals surface area contributed by atoms with Crippen molar-refractivity contribution in [2.75, 3.05) is 12.4 Å². The number of ether oxygens (including phenoxy) is 1. The van der Waals surface area contributed by atoms with E-state index < -0.39 is 0 Å². The van der Waals surface area contributed by atoms with Crippen LogP contribution in [0, 0.1) is 3.57 Å². The molecule has 0 saturated carbocycles. The first-order chi connectivity index (χ1) is 9.78. The molecule has 0 unspecified atom stereocenters. The number of fused-ring (bicyclic) bond motifs is 1. The second kappa shape index (κ2) is 5.62. The van der Waals surface area contributed by atoms with Crippen LogP contribution >= 0.6 is 22.6 Å². The smallest absolute Gasteiger partial charge is 0.142 e. The van der Waals surface area contributed by atoms with E-state index in [-0.39, 0.29) is 0 Å². The first-order valence-corrected chi connectivity index (χ1v) is 7.16. The number of nitrogens with zero attached hydrogens (tertiary/aromatic N) is 2. The number of hydrogen-bond donors (Lipinski definition) is 1. The Kier molecular flexibility index (Phi) is 3.68. The molecule has 1 heterocycles. The molecule has 0 fully saturated rings. The average Bonchev–Trinajstić information content (AvgIpc) is 2.48. The Morgan fingerprint density at radius 1 is 1.10 bits per heavy atom. The number of para-hydroxylation sites is 2. The summed E-state index contributed by atoms with van der Waals surface area (Å²) in [6, 6.07) is 13.8. The van der Waals surface area contributed by atoms with Gasteiger partial charge in [0.15, 0.2) is 0 Å². The second-order valence-electron chi connectivity index (χ2n) is 4.21. The summed E-state index contributed by atoms with van der Waals surface area (Å²) >= 11 is 2.28. The lowest BCUT2D eigenvalue weighted by molar-refractivity contribution is 0.417. The van der Waals surface area contributed by atoms with Crippen molar-refractivity contribution in [3.05, 3.63) is 52.4 Å². The quantitative estimate of drug-likeness (QED) is 0.702. The van der Waals surface area contributed by atoms with Gasteiger partial charge < -0.3 is 10.1 Å². The number of halogens is 1. The topological polar surface area (TPSA) is 47.0 Å². The summed E-state index contributed by atoms with van der Waals surface area (Å²) in [6.45, 7) is 0. The number of anilines is 2. The van der Waals surface area contributed by atoms with Gasteiger partial charge in [-0.2, -0.15) is 0 Å². The summed E-state index contributed by atoms with van der Waals surface area (Å²) in [5.74, 6) is 1.56. The molecule has 1 N–H and O–H groups in total. The summed E-state index contributed by atoms with van der Waals surface area (Å²) in [4.78, 5) is 8.62. The highest BCUT2D eigenvalue weighted by Crippen LogP contribution is 2.29. The van der Waals surface area contributed by atoms with E-state index in [4.69, 9.17) is 4.74 Å². The Balaban J connectivity index is 2.08. The van der Waals surface area contributed by atoms with Crippen molar-refractivity contribution in [3.8, 4) is 5.75 Å². The highest BCUT2D eigenvalue weighted by molar-refractivity contribution is 14.1. The van der Waals surface area contributed by atoms with Crippen molar-refractivity contribution in [1.82, 2.24) is 9.97 Å². The largest absolute Gasteiger partial charge is 0.495 e. The lowest BCUT2D eigenvalue weighted by Gasteiger charge is -2.11. The third-order valence-electron chi connectivity index (χ3n) is 2.96. The number of hydrogen-bond acceptors (Lipinski definition) is 4. The van der Waals surface area contributed by atoms with Gasteiger partial charge in [-0.05, 0) is 52.9 Å². The van der Waals surface area contributed by atoms with Gasteiger partial charge in [0.2, 0.25) is 0 Å². The van der Waals surface area contributed by atoms with E-state index in [1.165, 1.54) is 0 Å². The Morgan fingerprint density at radius 2 is 1.95 bits per heavy atom. The number of benzene rings is 2. The molecule has 0 aliphatic rings. The number of nitrogens with one attached hydrogen (secondary N) is 1. The fourth-order valence-corrected chi connectivity index (χ4v) is 2.50. The lowest BCUT2D eigenvalue weighted by atomic mass is 10.2. The molecule has 0 spiro atoms. The highest BCUT2D eigenvalue weighted by Gasteiger charge is 2.07. The van der Waals surface area contributed by atoms with E-state index in [2.05, 4.69) is 43.9 Å². The van der Waals surface area contributed by atoms with Gasteiger partial charge in [-0.25, -0.2) is 9.97 Å². The molecule has 100 valence electrons. The van der Waals surface area contributed by atoms with Crippen molar-refractivity contribution < 1.29 is 4.74 Å². The predicted octanol–water partition coefficient (Wildman–Crippen LogP) is 3.99. The number of methoxy groups -OCH3 is 1. The maximum absolute atomic E-state index is 5.35. The zero-order chi connectivity index (χ0) is 13.9. The molecule has 5 heteroatoms. The van der Waals surface area contributed by atoms with Gasteiger partial charge >= 0.3 is 0 Å². The minimum atomic E-state index is 0.776. The van der Waals surface area contributed by atoms with Crippen molar-refractivity contribution in [3.63, 3.8) is 0 Å². The van der Waals surface area contributed by atoms with E-state index in [0.717, 1.165) is 31.7 Å². The fourth-order valence-electron chi connectivity index (χ4n) is 2.00. The van der Waals surface area contributed by atoms with Crippen LogP contribution in [0.5, 0.6) is 5.75 Å². The molecule has 0 atom stereocenters. The average molecular weight is 377 g/mol. The molecule has 2 aromatic carbocycles. The van der Waals surface area contributed by atoms with Crippen LogP contribution in [-0.4, -0.2) is 17.1 Å². The summed E-state index contributed by atoms with van der Waals surface area (Å²) in [5, 5.41) is 4.31. The van der Waals surface area contributed by atoms with Gasteiger partial charge in [-0.15, -0.1) is 0 Å². The number of rotatable bonds is 3. The second-order valence-corrected chi connectivity index (χ2v) is 5.45. The van der Waals surface area contributed by atoms with Crippen molar-refractivity contribution >= 4 is 45.0 Å². The highest BCUT2D eigenvalue weighted by atomic mass is 127. The van der Waals surface area contributed by atoms with E-state index in [1.54, 1.807) is 13.4 Å². The summed E-state index contributed by atoms with van der Waals surface area (Å²) in [5.41, 5.74) is 1.80. The van der Waals surface area contributed by atoms with Gasteiger partial charge in [0.25, 0.3) is 0 Å². The van der Waals surface area contributed by atoms with E-state index in [9.17, 15) is 0 Å². The SMILES string of the molecule is COc1ccccc1Nc1ncnc2ccc(I)cc12. The molecule has 0 aliphatic heterocycles. The van der Waals surface area contributed by atoms with Crippen LogP contribution < -0.4 is 10.1 Å². The Morgan fingerprint density at radius 3 is 2.80 bits per heavy atom. The minimum Gasteiger partial charge on any atom is -0.495 e. The van der Waals surface area contributed by atoms with Crippen molar-refractivity contribution in [2.45, 2.75) is 0 Å². The third-order valence-corrected chi connectivity index (χ3v) is 3.63. The molecule has 1 aromatic heterocycles. The van der Waals surface area contributed by atoms with E-state index >= 15 is 0 Å². The van der Waals surface area contributed by atoms with Crippen LogP contribution in [0.2, 0.25) is 0 Å². The molecule has 0 aliphatic carbocycles. The van der Waals surface area contributed by atoms with Gasteiger partial charge in [0, 0.05) is 8.96 Å². The molecule has 4 nitrogen and oxygen atoms in total. The molecular formula is C15H12IN3O. The molecule has 3 rings (SSSR count).